The average Bonchev–Trinajstić information content (AvgIpc) is 2.26. The largest absolute Gasteiger partial charge is 0.479 e. The molecule has 0 saturated carbocycles. The summed E-state index contributed by atoms with van der Waals surface area (Å²) in [4.78, 5) is 37.3. The van der Waals surface area contributed by atoms with Crippen LogP contribution in [-0.2, 0) is 19.1 Å². The molecule has 122 valence electrons. The summed E-state index contributed by atoms with van der Waals surface area (Å²) in [5.41, 5.74) is -2.90. The molecule has 0 saturated heterocycles. The first-order valence-electron chi connectivity index (χ1n) is 6.79. The van der Waals surface area contributed by atoms with Gasteiger partial charge in [0, 0.05) is 7.05 Å². The number of hydrogen-bond donors (Lipinski definition) is 2. The van der Waals surface area contributed by atoms with Gasteiger partial charge >= 0.3 is 11.9 Å². The molecule has 0 aromatic rings. The van der Waals surface area contributed by atoms with E-state index in [1.165, 1.54) is 7.05 Å². The lowest BCUT2D eigenvalue weighted by Crippen LogP contribution is -2.66. The Morgan fingerprint density at radius 3 is 2.00 bits per heavy atom. The van der Waals surface area contributed by atoms with Crippen molar-refractivity contribution in [3.8, 4) is 0 Å². The van der Waals surface area contributed by atoms with Gasteiger partial charge < -0.3 is 20.1 Å². The Balaban J connectivity index is 5.83. The number of likely N-dealkylation sites (N-methyl/N-ethyl adjacent to an activating group) is 2. The first kappa shape index (κ1) is 19.4. The number of aliphatic carboxylic acids is 1. The maximum Gasteiger partial charge on any atom is 0.344 e. The number of hydrogen-bond acceptors (Lipinski definition) is 5. The second kappa shape index (κ2) is 6.89. The summed E-state index contributed by atoms with van der Waals surface area (Å²) < 4.78 is 5.24. The Morgan fingerprint density at radius 2 is 1.71 bits per heavy atom. The Labute approximate surface area is 125 Å². The highest BCUT2D eigenvalue weighted by Crippen LogP contribution is 2.28. The molecule has 0 aliphatic carbocycles. The van der Waals surface area contributed by atoms with E-state index in [0.717, 1.165) is 4.90 Å². The van der Waals surface area contributed by atoms with Gasteiger partial charge in [-0.3, -0.25) is 4.79 Å². The normalized spacial score (nSPS) is 14.5. The Hall–Kier alpha value is -1.63. The van der Waals surface area contributed by atoms with E-state index in [1.54, 1.807) is 41.7 Å². The molecule has 0 aromatic carbocycles. The number of rotatable bonds is 6. The van der Waals surface area contributed by atoms with Gasteiger partial charge in [0.05, 0.1) is 6.54 Å². The van der Waals surface area contributed by atoms with Crippen molar-refractivity contribution in [2.45, 2.75) is 45.8 Å². The lowest BCUT2D eigenvalue weighted by molar-refractivity contribution is -0.185. The minimum absolute atomic E-state index is 0.0684. The van der Waals surface area contributed by atoms with E-state index >= 15 is 0 Å². The fourth-order valence-electron chi connectivity index (χ4n) is 2.06. The predicted octanol–water partition coefficient (Wildman–Crippen LogP) is 0.485. The van der Waals surface area contributed by atoms with Crippen molar-refractivity contribution in [3.63, 3.8) is 0 Å². The van der Waals surface area contributed by atoms with E-state index < -0.39 is 34.9 Å². The van der Waals surface area contributed by atoms with Gasteiger partial charge in [0.2, 0.25) is 11.4 Å². The first-order valence-corrected chi connectivity index (χ1v) is 6.79. The van der Waals surface area contributed by atoms with Crippen molar-refractivity contribution in [1.29, 1.82) is 0 Å². The van der Waals surface area contributed by atoms with Crippen molar-refractivity contribution in [2.24, 2.45) is 5.92 Å². The SMILES string of the molecule is CNCC(=O)N(C)[C@@](C(=O)O)(C(=O)OC(C)(C)C)C(C)C. The molecular weight excluding hydrogens is 276 g/mol. The van der Waals surface area contributed by atoms with Crippen LogP contribution in [0.5, 0.6) is 0 Å². The van der Waals surface area contributed by atoms with E-state index in [0.29, 0.717) is 0 Å². The summed E-state index contributed by atoms with van der Waals surface area (Å²) in [6.45, 7) is 8.01. The minimum atomic E-state index is -2.05. The van der Waals surface area contributed by atoms with Crippen LogP contribution in [0.4, 0.5) is 0 Å². The molecule has 2 N–H and O–H groups in total. The molecule has 7 heteroatoms. The molecule has 0 aliphatic rings. The van der Waals surface area contributed by atoms with Gasteiger partial charge in [0.25, 0.3) is 0 Å². The number of carboxylic acid groups (broad SMARTS) is 1. The summed E-state index contributed by atoms with van der Waals surface area (Å²) in [6, 6.07) is 0. The van der Waals surface area contributed by atoms with Gasteiger partial charge in [0.15, 0.2) is 0 Å². The number of ether oxygens (including phenoxy) is 1. The number of carboxylic acids is 1. The topological polar surface area (TPSA) is 95.9 Å². The lowest BCUT2D eigenvalue weighted by Gasteiger charge is -2.40. The maximum absolute atomic E-state index is 12.5. The van der Waals surface area contributed by atoms with Crippen LogP contribution in [0.1, 0.15) is 34.6 Å². The zero-order valence-electron chi connectivity index (χ0n) is 13.8. The zero-order chi connectivity index (χ0) is 17.0. The highest BCUT2D eigenvalue weighted by Gasteiger charge is 2.56. The van der Waals surface area contributed by atoms with Crippen molar-refractivity contribution in [1.82, 2.24) is 10.2 Å². The van der Waals surface area contributed by atoms with Gasteiger partial charge in [-0.25, -0.2) is 9.59 Å². The summed E-state index contributed by atoms with van der Waals surface area (Å²) in [6.07, 6.45) is 0. The van der Waals surface area contributed by atoms with Crippen LogP contribution in [0.15, 0.2) is 0 Å². The highest BCUT2D eigenvalue weighted by atomic mass is 16.6. The highest BCUT2D eigenvalue weighted by molar-refractivity contribution is 6.07. The summed E-state index contributed by atoms with van der Waals surface area (Å²) in [7, 11) is 2.87. The smallest absolute Gasteiger partial charge is 0.344 e. The van der Waals surface area contributed by atoms with E-state index in [9.17, 15) is 19.5 Å². The van der Waals surface area contributed by atoms with Crippen molar-refractivity contribution >= 4 is 17.8 Å². The quantitative estimate of drug-likeness (QED) is 0.547. The minimum Gasteiger partial charge on any atom is -0.479 e. The summed E-state index contributed by atoms with van der Waals surface area (Å²) in [5, 5.41) is 12.3. The molecule has 0 bridgehead atoms. The van der Waals surface area contributed by atoms with E-state index in [2.05, 4.69) is 5.32 Å². The molecular formula is C14H26N2O5. The van der Waals surface area contributed by atoms with Crippen LogP contribution in [0.3, 0.4) is 0 Å². The second-order valence-corrected chi connectivity index (χ2v) is 6.21. The van der Waals surface area contributed by atoms with Crippen LogP contribution in [0.2, 0.25) is 0 Å². The number of nitrogens with one attached hydrogen (secondary N) is 1. The van der Waals surface area contributed by atoms with Gasteiger partial charge in [0.1, 0.15) is 5.60 Å². The molecule has 0 aromatic heterocycles. The van der Waals surface area contributed by atoms with Crippen LogP contribution >= 0.6 is 0 Å². The Kier molecular flexibility index (Phi) is 6.35. The van der Waals surface area contributed by atoms with Gasteiger partial charge in [-0.15, -0.1) is 0 Å². The monoisotopic (exact) mass is 302 g/mol. The third-order valence-corrected chi connectivity index (χ3v) is 3.10. The molecule has 0 radical (unpaired) electrons. The Morgan fingerprint density at radius 1 is 1.24 bits per heavy atom. The van der Waals surface area contributed by atoms with Crippen LogP contribution in [-0.4, -0.2) is 59.6 Å². The van der Waals surface area contributed by atoms with E-state index in [-0.39, 0.29) is 6.54 Å². The lowest BCUT2D eigenvalue weighted by atomic mass is 9.84. The molecule has 0 rings (SSSR count). The number of carbonyl (C=O) groups is 3. The van der Waals surface area contributed by atoms with E-state index in [1.807, 2.05) is 0 Å². The van der Waals surface area contributed by atoms with Crippen LogP contribution < -0.4 is 5.32 Å². The first-order chi connectivity index (χ1) is 9.41. The molecule has 1 amide bonds. The van der Waals surface area contributed by atoms with Gasteiger partial charge in [-0.2, -0.15) is 0 Å². The standard InChI is InChI=1S/C14H26N2O5/c1-9(2)14(11(18)19,12(20)21-13(3,4)5)16(7)10(17)8-15-6/h9,15H,8H2,1-7H3,(H,18,19)/t14-/m0/s1. The van der Waals surface area contributed by atoms with Crippen molar-refractivity contribution in [2.75, 3.05) is 20.6 Å². The third-order valence-electron chi connectivity index (χ3n) is 3.10. The Bertz CT molecular complexity index is 414. The molecule has 0 unspecified atom stereocenters. The zero-order valence-corrected chi connectivity index (χ0v) is 13.8. The van der Waals surface area contributed by atoms with Crippen LogP contribution in [0, 0.1) is 5.92 Å². The summed E-state index contributed by atoms with van der Waals surface area (Å²) in [5.74, 6) is -3.50. The number of esters is 1. The molecule has 7 nitrogen and oxygen atoms in total. The fourth-order valence-corrected chi connectivity index (χ4v) is 2.06. The number of nitrogens with zero attached hydrogens (tertiary/aromatic N) is 1. The van der Waals surface area contributed by atoms with Gasteiger partial charge in [-0.1, -0.05) is 13.8 Å². The molecule has 1 atom stereocenters. The molecule has 0 aliphatic heterocycles. The fraction of sp³-hybridized carbons (Fsp3) is 0.786. The molecule has 0 spiro atoms. The maximum atomic E-state index is 12.5. The predicted molar refractivity (Wildman–Crippen MR) is 77.7 cm³/mol. The average molecular weight is 302 g/mol. The third kappa shape index (κ3) is 4.17. The number of carbonyl (C=O) groups excluding carboxylic acids is 2. The summed E-state index contributed by atoms with van der Waals surface area (Å²) >= 11 is 0. The molecule has 21 heavy (non-hydrogen) atoms. The second-order valence-electron chi connectivity index (χ2n) is 6.21. The van der Waals surface area contributed by atoms with Gasteiger partial charge in [-0.05, 0) is 33.7 Å². The molecule has 0 fully saturated rings. The number of amides is 1. The van der Waals surface area contributed by atoms with E-state index in [4.69, 9.17) is 4.74 Å². The van der Waals surface area contributed by atoms with Crippen molar-refractivity contribution in [3.05, 3.63) is 0 Å². The van der Waals surface area contributed by atoms with Crippen LogP contribution in [0.25, 0.3) is 0 Å². The van der Waals surface area contributed by atoms with Crippen molar-refractivity contribution < 1.29 is 24.2 Å². The molecule has 0 heterocycles.